The van der Waals surface area contributed by atoms with Gasteiger partial charge in [-0.2, -0.15) is 0 Å². The molecular formula is C14H27NO4. The van der Waals surface area contributed by atoms with Gasteiger partial charge in [0.25, 0.3) is 0 Å². The van der Waals surface area contributed by atoms with Crippen molar-refractivity contribution in [2.75, 3.05) is 6.61 Å². The third-order valence-electron chi connectivity index (χ3n) is 4.23. The molecule has 0 spiro atoms. The summed E-state index contributed by atoms with van der Waals surface area (Å²) in [7, 11) is 0. The zero-order valence-corrected chi connectivity index (χ0v) is 11.7. The lowest BCUT2D eigenvalue weighted by molar-refractivity contribution is -0.140. The summed E-state index contributed by atoms with van der Waals surface area (Å²) in [5.41, 5.74) is 0. The topological polar surface area (TPSA) is 91.9 Å². The van der Waals surface area contributed by atoms with Gasteiger partial charge in [0.05, 0.1) is 18.2 Å². The smallest absolute Gasteiger partial charge is 0.110 e. The highest BCUT2D eigenvalue weighted by Gasteiger charge is 2.58. The molecule has 2 aliphatic rings. The first-order valence-corrected chi connectivity index (χ1v) is 7.58. The molecule has 0 bridgehead atoms. The SMILES string of the molecule is CCCCCCCCO[C@H]1[C@H](O)[C@@H](O)[C@H](O)[C@H]2N[C@H]21. The second-order valence-electron chi connectivity index (χ2n) is 5.79. The number of rotatable bonds is 8. The second kappa shape index (κ2) is 6.99. The van der Waals surface area contributed by atoms with E-state index in [-0.39, 0.29) is 18.2 Å². The Morgan fingerprint density at radius 2 is 1.53 bits per heavy atom. The van der Waals surface area contributed by atoms with E-state index in [4.69, 9.17) is 4.74 Å². The summed E-state index contributed by atoms with van der Waals surface area (Å²) in [6.45, 7) is 2.81. The highest BCUT2D eigenvalue weighted by atomic mass is 16.5. The molecule has 0 radical (unpaired) electrons. The quantitative estimate of drug-likeness (QED) is 0.374. The highest BCUT2D eigenvalue weighted by molar-refractivity contribution is 5.16. The molecule has 1 heterocycles. The molecule has 19 heavy (non-hydrogen) atoms. The van der Waals surface area contributed by atoms with Gasteiger partial charge < -0.3 is 25.4 Å². The fourth-order valence-electron chi connectivity index (χ4n) is 2.90. The Bertz CT molecular complexity index is 276. The lowest BCUT2D eigenvalue weighted by Gasteiger charge is -2.33. The van der Waals surface area contributed by atoms with E-state index in [9.17, 15) is 15.3 Å². The van der Waals surface area contributed by atoms with Crippen LogP contribution in [0.25, 0.3) is 0 Å². The molecule has 6 atom stereocenters. The van der Waals surface area contributed by atoms with Gasteiger partial charge in [-0.25, -0.2) is 0 Å². The van der Waals surface area contributed by atoms with E-state index >= 15 is 0 Å². The molecule has 1 aliphatic carbocycles. The predicted molar refractivity (Wildman–Crippen MR) is 71.8 cm³/mol. The van der Waals surface area contributed by atoms with Gasteiger partial charge in [-0.05, 0) is 6.42 Å². The van der Waals surface area contributed by atoms with Gasteiger partial charge in [0, 0.05) is 6.61 Å². The van der Waals surface area contributed by atoms with Crippen LogP contribution in [0.1, 0.15) is 45.4 Å². The Labute approximate surface area is 115 Å². The van der Waals surface area contributed by atoms with Crippen molar-refractivity contribution < 1.29 is 20.1 Å². The molecule has 0 aromatic rings. The first-order valence-electron chi connectivity index (χ1n) is 7.58. The molecule has 0 aromatic heterocycles. The molecule has 0 amide bonds. The van der Waals surface area contributed by atoms with Crippen LogP contribution in [0, 0.1) is 0 Å². The zero-order chi connectivity index (χ0) is 13.8. The molecule has 1 saturated heterocycles. The summed E-state index contributed by atoms with van der Waals surface area (Å²) >= 11 is 0. The molecule has 1 aliphatic heterocycles. The average molecular weight is 273 g/mol. The van der Waals surface area contributed by atoms with Crippen molar-refractivity contribution in [2.24, 2.45) is 0 Å². The minimum atomic E-state index is -1.11. The summed E-state index contributed by atoms with van der Waals surface area (Å²) in [4.78, 5) is 0. The molecule has 4 N–H and O–H groups in total. The molecule has 0 aromatic carbocycles. The van der Waals surface area contributed by atoms with Gasteiger partial charge in [0.1, 0.15) is 18.3 Å². The van der Waals surface area contributed by atoms with Crippen LogP contribution >= 0.6 is 0 Å². The largest absolute Gasteiger partial charge is 0.389 e. The van der Waals surface area contributed by atoms with Crippen molar-refractivity contribution in [2.45, 2.75) is 81.9 Å². The van der Waals surface area contributed by atoms with Crippen molar-refractivity contribution in [3.05, 3.63) is 0 Å². The standard InChI is InChI=1S/C14H27NO4/c1-2-3-4-5-6-7-8-19-14-10-9(15-10)11(16)12(17)13(14)18/h9-18H,2-8H2,1H3/t9-,10+,11+,12-,13+,14+/m0/s1. The maximum absolute atomic E-state index is 9.90. The van der Waals surface area contributed by atoms with Crippen LogP contribution in [0.2, 0.25) is 0 Å². The Morgan fingerprint density at radius 1 is 0.842 bits per heavy atom. The van der Waals surface area contributed by atoms with E-state index in [1.54, 1.807) is 0 Å². The van der Waals surface area contributed by atoms with Crippen molar-refractivity contribution in [3.63, 3.8) is 0 Å². The van der Waals surface area contributed by atoms with E-state index in [1.165, 1.54) is 25.7 Å². The minimum absolute atomic E-state index is 0.00603. The first-order chi connectivity index (χ1) is 9.16. The van der Waals surface area contributed by atoms with E-state index in [0.717, 1.165) is 12.8 Å². The van der Waals surface area contributed by atoms with E-state index in [2.05, 4.69) is 12.2 Å². The number of nitrogens with one attached hydrogen (secondary N) is 1. The van der Waals surface area contributed by atoms with Gasteiger partial charge >= 0.3 is 0 Å². The fraction of sp³-hybridized carbons (Fsp3) is 1.00. The summed E-state index contributed by atoms with van der Waals surface area (Å²) < 4.78 is 5.69. The number of hydrogen-bond acceptors (Lipinski definition) is 5. The van der Waals surface area contributed by atoms with Crippen molar-refractivity contribution in [1.82, 2.24) is 5.32 Å². The number of aliphatic hydroxyl groups excluding tert-OH is 3. The third kappa shape index (κ3) is 3.67. The summed E-state index contributed by atoms with van der Waals surface area (Å²) in [6.07, 6.45) is 3.82. The molecule has 2 fully saturated rings. The van der Waals surface area contributed by atoms with Crippen LogP contribution in [-0.4, -0.2) is 58.4 Å². The molecule has 1 saturated carbocycles. The number of unbranched alkanes of at least 4 members (excludes halogenated alkanes) is 5. The van der Waals surface area contributed by atoms with Crippen LogP contribution in [0.5, 0.6) is 0 Å². The van der Waals surface area contributed by atoms with Crippen molar-refractivity contribution in [1.29, 1.82) is 0 Å². The molecule has 2 rings (SSSR count). The van der Waals surface area contributed by atoms with Gasteiger partial charge in [0.15, 0.2) is 0 Å². The fourth-order valence-corrected chi connectivity index (χ4v) is 2.90. The van der Waals surface area contributed by atoms with Crippen LogP contribution < -0.4 is 5.32 Å². The maximum Gasteiger partial charge on any atom is 0.110 e. The monoisotopic (exact) mass is 273 g/mol. The maximum atomic E-state index is 9.90. The van der Waals surface area contributed by atoms with Gasteiger partial charge in [-0.3, -0.25) is 0 Å². The van der Waals surface area contributed by atoms with Crippen LogP contribution in [0.15, 0.2) is 0 Å². The van der Waals surface area contributed by atoms with Gasteiger partial charge in [-0.1, -0.05) is 39.0 Å². The van der Waals surface area contributed by atoms with Gasteiger partial charge in [-0.15, -0.1) is 0 Å². The Morgan fingerprint density at radius 3 is 2.26 bits per heavy atom. The molecule has 5 heteroatoms. The number of aliphatic hydroxyl groups is 3. The third-order valence-corrected chi connectivity index (χ3v) is 4.23. The van der Waals surface area contributed by atoms with Crippen LogP contribution in [0.3, 0.4) is 0 Å². The minimum Gasteiger partial charge on any atom is -0.389 e. The van der Waals surface area contributed by atoms with E-state index in [0.29, 0.717) is 6.61 Å². The highest BCUT2D eigenvalue weighted by Crippen LogP contribution is 2.32. The molecule has 5 nitrogen and oxygen atoms in total. The average Bonchev–Trinajstić information content (AvgIpc) is 3.19. The first kappa shape index (κ1) is 15.2. The molecule has 112 valence electrons. The summed E-state index contributed by atoms with van der Waals surface area (Å²) in [5.74, 6) is 0. The molecule has 0 unspecified atom stereocenters. The Balaban J connectivity index is 1.61. The lowest BCUT2D eigenvalue weighted by Crippen LogP contribution is -2.54. The predicted octanol–water partition coefficient (Wildman–Crippen LogP) is 0.169. The van der Waals surface area contributed by atoms with Crippen LogP contribution in [0.4, 0.5) is 0 Å². The van der Waals surface area contributed by atoms with Crippen molar-refractivity contribution in [3.8, 4) is 0 Å². The van der Waals surface area contributed by atoms with E-state index < -0.39 is 18.3 Å². The van der Waals surface area contributed by atoms with E-state index in [1.807, 2.05) is 0 Å². The Kier molecular flexibility index (Phi) is 5.59. The molecular weight excluding hydrogens is 246 g/mol. The van der Waals surface area contributed by atoms with Crippen LogP contribution in [-0.2, 0) is 4.74 Å². The van der Waals surface area contributed by atoms with Gasteiger partial charge in [0.2, 0.25) is 0 Å². The van der Waals surface area contributed by atoms with Crippen molar-refractivity contribution >= 4 is 0 Å². The summed E-state index contributed by atoms with van der Waals surface area (Å²) in [5, 5.41) is 32.3. The summed E-state index contributed by atoms with van der Waals surface area (Å²) in [6, 6.07) is -0.124. The normalized spacial score (nSPS) is 41.1. The zero-order valence-electron chi connectivity index (χ0n) is 11.7. The Hall–Kier alpha value is -0.200. The second-order valence-corrected chi connectivity index (χ2v) is 5.79. The number of hydrogen-bond donors (Lipinski definition) is 4. The number of fused-ring (bicyclic) bond motifs is 1. The lowest BCUT2D eigenvalue weighted by atomic mass is 9.89. The number of ether oxygens (including phenoxy) is 1.